The number of benzene rings is 1. The molecule has 0 aliphatic carbocycles. The zero-order chi connectivity index (χ0) is 14.8. The summed E-state index contributed by atoms with van der Waals surface area (Å²) in [6.07, 6.45) is 1.71. The number of aromatic nitrogens is 2. The van der Waals surface area contributed by atoms with E-state index in [1.165, 1.54) is 0 Å². The molecule has 1 aromatic carbocycles. The number of morpholine rings is 1. The number of hydrogen-bond donors (Lipinski definition) is 1. The number of rotatable bonds is 3. The van der Waals surface area contributed by atoms with Gasteiger partial charge >= 0.3 is 0 Å². The molecule has 6 nitrogen and oxygen atoms in total. The van der Waals surface area contributed by atoms with Crippen LogP contribution in [-0.2, 0) is 4.74 Å². The molecule has 1 unspecified atom stereocenters. The van der Waals surface area contributed by atoms with Crippen molar-refractivity contribution in [3.63, 3.8) is 0 Å². The predicted molar refractivity (Wildman–Crippen MR) is 80.3 cm³/mol. The summed E-state index contributed by atoms with van der Waals surface area (Å²) < 4.78 is 5.71. The monoisotopic (exact) mass is 288 g/mol. The molecule has 1 saturated heterocycles. The fraction of sp³-hybridized carbons (Fsp3) is 0.467. The molecule has 3 rings (SSSR count). The van der Waals surface area contributed by atoms with E-state index in [9.17, 15) is 4.79 Å². The highest BCUT2D eigenvalue weighted by Gasteiger charge is 2.22. The number of nitrogens with one attached hydrogen (secondary N) is 1. The SMILES string of the molecule is CN1CCOC(CN(C)C(=O)c2ccc3nc[nH]c3c2)C1. The lowest BCUT2D eigenvalue weighted by molar-refractivity contribution is -0.0301. The number of hydrogen-bond acceptors (Lipinski definition) is 4. The summed E-state index contributed by atoms with van der Waals surface area (Å²) in [6, 6.07) is 5.52. The van der Waals surface area contributed by atoms with Crippen LogP contribution in [0.4, 0.5) is 0 Å². The molecule has 6 heteroatoms. The third-order valence-corrected chi connectivity index (χ3v) is 3.83. The molecule has 112 valence electrons. The minimum Gasteiger partial charge on any atom is -0.374 e. The van der Waals surface area contributed by atoms with Gasteiger partial charge in [0, 0.05) is 32.2 Å². The molecule has 1 N–H and O–H groups in total. The van der Waals surface area contributed by atoms with Gasteiger partial charge in [0.25, 0.3) is 5.91 Å². The van der Waals surface area contributed by atoms with Crippen LogP contribution in [0.5, 0.6) is 0 Å². The molecule has 2 heterocycles. The number of carbonyl (C=O) groups excluding carboxylic acids is 1. The maximum atomic E-state index is 12.5. The van der Waals surface area contributed by atoms with Crippen LogP contribution in [0.1, 0.15) is 10.4 Å². The first-order valence-electron chi connectivity index (χ1n) is 7.12. The molecular formula is C15H20N4O2. The van der Waals surface area contributed by atoms with Gasteiger partial charge in [0.2, 0.25) is 0 Å². The Kier molecular flexibility index (Phi) is 3.90. The van der Waals surface area contributed by atoms with E-state index in [0.29, 0.717) is 12.1 Å². The molecule has 0 saturated carbocycles. The third-order valence-electron chi connectivity index (χ3n) is 3.83. The molecule has 0 spiro atoms. The van der Waals surface area contributed by atoms with Crippen molar-refractivity contribution >= 4 is 16.9 Å². The highest BCUT2D eigenvalue weighted by molar-refractivity contribution is 5.97. The molecule has 1 amide bonds. The Hall–Kier alpha value is -1.92. The van der Waals surface area contributed by atoms with Gasteiger partial charge in [-0.2, -0.15) is 0 Å². The number of H-pyrrole nitrogens is 1. The molecule has 0 radical (unpaired) electrons. The molecule has 1 atom stereocenters. The lowest BCUT2D eigenvalue weighted by Crippen LogP contribution is -2.46. The van der Waals surface area contributed by atoms with Crippen LogP contribution in [0.15, 0.2) is 24.5 Å². The second-order valence-corrected chi connectivity index (χ2v) is 5.58. The topological polar surface area (TPSA) is 61.5 Å². The van der Waals surface area contributed by atoms with Crippen molar-refractivity contribution in [1.29, 1.82) is 0 Å². The molecule has 1 fully saturated rings. The van der Waals surface area contributed by atoms with Crippen molar-refractivity contribution in [2.24, 2.45) is 0 Å². The number of carbonyl (C=O) groups is 1. The Morgan fingerprint density at radius 2 is 2.43 bits per heavy atom. The van der Waals surface area contributed by atoms with Crippen LogP contribution in [0, 0.1) is 0 Å². The number of amides is 1. The summed E-state index contributed by atoms with van der Waals surface area (Å²) in [4.78, 5) is 23.6. The van der Waals surface area contributed by atoms with Gasteiger partial charge < -0.3 is 19.5 Å². The second kappa shape index (κ2) is 5.83. The molecule has 0 bridgehead atoms. The van der Waals surface area contributed by atoms with Crippen molar-refractivity contribution in [2.45, 2.75) is 6.10 Å². The van der Waals surface area contributed by atoms with Crippen molar-refractivity contribution < 1.29 is 9.53 Å². The first-order valence-corrected chi connectivity index (χ1v) is 7.12. The van der Waals surface area contributed by atoms with E-state index >= 15 is 0 Å². The van der Waals surface area contributed by atoms with Crippen molar-refractivity contribution in [1.82, 2.24) is 19.8 Å². The predicted octanol–water partition coefficient (Wildman–Crippen LogP) is 0.965. The van der Waals surface area contributed by atoms with Gasteiger partial charge in [-0.1, -0.05) is 0 Å². The number of imidazole rings is 1. The Morgan fingerprint density at radius 1 is 1.57 bits per heavy atom. The van der Waals surface area contributed by atoms with Gasteiger partial charge in [0.05, 0.1) is 30.1 Å². The van der Waals surface area contributed by atoms with E-state index in [1.807, 2.05) is 25.2 Å². The number of fused-ring (bicyclic) bond motifs is 1. The molecule has 21 heavy (non-hydrogen) atoms. The highest BCUT2D eigenvalue weighted by atomic mass is 16.5. The Balaban J connectivity index is 1.68. The smallest absolute Gasteiger partial charge is 0.253 e. The van der Waals surface area contributed by atoms with Crippen molar-refractivity contribution in [3.8, 4) is 0 Å². The zero-order valence-corrected chi connectivity index (χ0v) is 12.4. The lowest BCUT2D eigenvalue weighted by atomic mass is 10.1. The molecule has 1 aliphatic rings. The van der Waals surface area contributed by atoms with Gasteiger partial charge in [0.15, 0.2) is 0 Å². The maximum Gasteiger partial charge on any atom is 0.253 e. The Morgan fingerprint density at radius 3 is 3.24 bits per heavy atom. The molecule has 1 aliphatic heterocycles. The first-order chi connectivity index (χ1) is 10.1. The zero-order valence-electron chi connectivity index (χ0n) is 12.4. The van der Waals surface area contributed by atoms with Crippen molar-refractivity contribution in [2.75, 3.05) is 40.3 Å². The van der Waals surface area contributed by atoms with E-state index in [-0.39, 0.29) is 12.0 Å². The van der Waals surface area contributed by atoms with Crippen LogP contribution in [0.25, 0.3) is 11.0 Å². The normalized spacial score (nSPS) is 19.8. The third kappa shape index (κ3) is 3.06. The van der Waals surface area contributed by atoms with Crippen LogP contribution in [0.2, 0.25) is 0 Å². The van der Waals surface area contributed by atoms with Gasteiger partial charge in [-0.05, 0) is 25.2 Å². The highest BCUT2D eigenvalue weighted by Crippen LogP contribution is 2.14. The lowest BCUT2D eigenvalue weighted by Gasteiger charge is -2.32. The van der Waals surface area contributed by atoms with Gasteiger partial charge in [-0.15, -0.1) is 0 Å². The van der Waals surface area contributed by atoms with Crippen LogP contribution < -0.4 is 0 Å². The first kappa shape index (κ1) is 14.0. The quantitative estimate of drug-likeness (QED) is 0.914. The number of aromatic amines is 1. The van der Waals surface area contributed by atoms with Gasteiger partial charge in [0.1, 0.15) is 0 Å². The second-order valence-electron chi connectivity index (χ2n) is 5.58. The largest absolute Gasteiger partial charge is 0.374 e. The molecule has 1 aromatic heterocycles. The number of ether oxygens (including phenoxy) is 1. The van der Waals surface area contributed by atoms with Gasteiger partial charge in [-0.3, -0.25) is 4.79 Å². The van der Waals surface area contributed by atoms with Crippen LogP contribution in [-0.4, -0.2) is 72.1 Å². The van der Waals surface area contributed by atoms with Crippen LogP contribution >= 0.6 is 0 Å². The summed E-state index contributed by atoms with van der Waals surface area (Å²) in [5, 5.41) is 0. The van der Waals surface area contributed by atoms with Crippen molar-refractivity contribution in [3.05, 3.63) is 30.1 Å². The summed E-state index contributed by atoms with van der Waals surface area (Å²) in [7, 11) is 3.89. The Labute approximate surface area is 123 Å². The minimum absolute atomic E-state index is 0.00308. The van der Waals surface area contributed by atoms with Crippen LogP contribution in [0.3, 0.4) is 0 Å². The number of nitrogens with zero attached hydrogens (tertiary/aromatic N) is 3. The summed E-state index contributed by atoms with van der Waals surface area (Å²) in [5.74, 6) is 0.00308. The Bertz CT molecular complexity index is 639. The van der Waals surface area contributed by atoms with E-state index in [0.717, 1.165) is 30.7 Å². The number of likely N-dealkylation sites (N-methyl/N-ethyl adjacent to an activating group) is 2. The van der Waals surface area contributed by atoms with E-state index in [1.54, 1.807) is 11.2 Å². The van der Waals surface area contributed by atoms with E-state index in [2.05, 4.69) is 21.9 Å². The molecular weight excluding hydrogens is 268 g/mol. The fourth-order valence-electron chi connectivity index (χ4n) is 2.65. The summed E-state index contributed by atoms with van der Waals surface area (Å²) in [5.41, 5.74) is 2.41. The maximum absolute atomic E-state index is 12.5. The molecule has 2 aromatic rings. The minimum atomic E-state index is 0.00308. The average Bonchev–Trinajstić information content (AvgIpc) is 2.93. The summed E-state index contributed by atoms with van der Waals surface area (Å²) >= 11 is 0. The van der Waals surface area contributed by atoms with E-state index in [4.69, 9.17) is 4.74 Å². The fourth-order valence-corrected chi connectivity index (χ4v) is 2.65. The summed E-state index contributed by atoms with van der Waals surface area (Å²) in [6.45, 7) is 3.13. The van der Waals surface area contributed by atoms with E-state index < -0.39 is 0 Å². The average molecular weight is 288 g/mol. The van der Waals surface area contributed by atoms with Gasteiger partial charge in [-0.25, -0.2) is 4.98 Å². The standard InChI is InChI=1S/C15H20N4O2/c1-18-5-6-21-12(8-18)9-19(2)15(20)11-3-4-13-14(7-11)17-10-16-13/h3-4,7,10,12H,5-6,8-9H2,1-2H3,(H,16,17).